The Balaban J connectivity index is 1.43. The van der Waals surface area contributed by atoms with E-state index in [-0.39, 0.29) is 17.7 Å². The quantitative estimate of drug-likeness (QED) is 0.643. The van der Waals surface area contributed by atoms with Crippen molar-refractivity contribution in [3.8, 4) is 5.75 Å². The van der Waals surface area contributed by atoms with Gasteiger partial charge in [-0.3, -0.25) is 0 Å². The first-order chi connectivity index (χ1) is 15.6. The summed E-state index contributed by atoms with van der Waals surface area (Å²) in [6.45, 7) is 8.49. The highest BCUT2D eigenvalue weighted by Gasteiger charge is 2.27. The Kier molecular flexibility index (Phi) is 7.86. The van der Waals surface area contributed by atoms with Crippen molar-refractivity contribution in [1.29, 1.82) is 0 Å². The summed E-state index contributed by atoms with van der Waals surface area (Å²) < 4.78 is 32.1. The number of sulfonamides is 1. The molecule has 9 heteroatoms. The number of carbonyl (C=O) groups excluding carboxylic acids is 1. The number of amides is 2. The summed E-state index contributed by atoms with van der Waals surface area (Å²) in [6.07, 6.45) is 0. The minimum absolute atomic E-state index is 0.0370. The number of piperazine rings is 1. The van der Waals surface area contributed by atoms with Crippen LogP contribution in [0, 0.1) is 0 Å². The summed E-state index contributed by atoms with van der Waals surface area (Å²) in [5.41, 5.74) is 2.92. The Bertz CT molecular complexity index is 1020. The highest BCUT2D eigenvalue weighted by atomic mass is 32.2. The zero-order valence-electron chi connectivity index (χ0n) is 19.8. The van der Waals surface area contributed by atoms with E-state index in [1.165, 1.54) is 9.87 Å². The fraction of sp³-hybridized carbons (Fsp3) is 0.458. The SMILES string of the molecule is COc1ccc(N2CCN(S(=O)(=O)CCNC(=O)Nc3ccc(C(C)(C)C)cc3)CC2)cc1. The first-order valence-electron chi connectivity index (χ1n) is 11.1. The predicted octanol–water partition coefficient (Wildman–Crippen LogP) is 3.27. The number of hydrogen-bond donors (Lipinski definition) is 2. The van der Waals surface area contributed by atoms with Crippen LogP contribution in [0.3, 0.4) is 0 Å². The van der Waals surface area contributed by atoms with Gasteiger partial charge in [0.2, 0.25) is 10.0 Å². The van der Waals surface area contributed by atoms with Crippen molar-refractivity contribution in [1.82, 2.24) is 9.62 Å². The van der Waals surface area contributed by atoms with E-state index in [2.05, 4.69) is 36.3 Å². The number of anilines is 2. The number of hydrogen-bond acceptors (Lipinski definition) is 5. The van der Waals surface area contributed by atoms with E-state index in [4.69, 9.17) is 4.74 Å². The zero-order valence-corrected chi connectivity index (χ0v) is 20.6. The number of methoxy groups -OCH3 is 1. The first kappa shape index (κ1) is 24.9. The molecule has 8 nitrogen and oxygen atoms in total. The largest absolute Gasteiger partial charge is 0.497 e. The van der Waals surface area contributed by atoms with Gasteiger partial charge in [0.15, 0.2) is 0 Å². The molecule has 1 fully saturated rings. The summed E-state index contributed by atoms with van der Waals surface area (Å²) in [5.74, 6) is 0.657. The van der Waals surface area contributed by atoms with Crippen LogP contribution in [0.2, 0.25) is 0 Å². The van der Waals surface area contributed by atoms with Crippen LogP contribution < -0.4 is 20.3 Å². The summed E-state index contributed by atoms with van der Waals surface area (Å²) in [7, 11) is -1.82. The average molecular weight is 475 g/mol. The topological polar surface area (TPSA) is 91.0 Å². The Morgan fingerprint density at radius 1 is 0.970 bits per heavy atom. The van der Waals surface area contributed by atoms with Crippen LogP contribution in [-0.4, -0.2) is 64.3 Å². The molecule has 1 aliphatic rings. The van der Waals surface area contributed by atoms with Crippen LogP contribution in [0.1, 0.15) is 26.3 Å². The molecule has 33 heavy (non-hydrogen) atoms. The van der Waals surface area contributed by atoms with E-state index < -0.39 is 16.1 Å². The number of nitrogens with zero attached hydrogens (tertiary/aromatic N) is 2. The van der Waals surface area contributed by atoms with Crippen molar-refractivity contribution < 1.29 is 17.9 Å². The molecule has 1 heterocycles. The van der Waals surface area contributed by atoms with Gasteiger partial charge in [0.25, 0.3) is 0 Å². The molecule has 0 radical (unpaired) electrons. The van der Waals surface area contributed by atoms with E-state index in [0.29, 0.717) is 31.9 Å². The Morgan fingerprint density at radius 2 is 1.58 bits per heavy atom. The van der Waals surface area contributed by atoms with Crippen molar-refractivity contribution in [2.45, 2.75) is 26.2 Å². The normalized spacial score (nSPS) is 15.2. The van der Waals surface area contributed by atoms with E-state index in [1.54, 1.807) is 7.11 Å². The van der Waals surface area contributed by atoms with Crippen LogP contribution in [0.5, 0.6) is 5.75 Å². The number of ether oxygens (including phenoxy) is 1. The number of rotatable bonds is 7. The standard InChI is InChI=1S/C24H34N4O4S/c1-24(2,3)19-5-7-20(8-6-19)26-23(29)25-13-18-33(30,31)28-16-14-27(15-17-28)21-9-11-22(32-4)12-10-21/h5-12H,13-18H2,1-4H3,(H2,25,26,29). The van der Waals surface area contributed by atoms with Crippen molar-refractivity contribution >= 4 is 27.4 Å². The number of urea groups is 1. The molecule has 180 valence electrons. The maximum atomic E-state index is 12.7. The maximum Gasteiger partial charge on any atom is 0.319 e. The molecule has 2 aromatic rings. The average Bonchev–Trinajstić information content (AvgIpc) is 2.79. The van der Waals surface area contributed by atoms with Crippen molar-refractivity contribution in [2.75, 3.05) is 55.8 Å². The van der Waals surface area contributed by atoms with Gasteiger partial charge in [0.05, 0.1) is 12.9 Å². The molecule has 0 aromatic heterocycles. The molecule has 3 rings (SSSR count). The summed E-state index contributed by atoms with van der Waals surface area (Å²) >= 11 is 0. The lowest BCUT2D eigenvalue weighted by Crippen LogP contribution is -2.50. The molecule has 0 atom stereocenters. The molecule has 2 amide bonds. The van der Waals surface area contributed by atoms with Crippen LogP contribution in [0.4, 0.5) is 16.2 Å². The van der Waals surface area contributed by atoms with Crippen molar-refractivity contribution in [3.05, 3.63) is 54.1 Å². The third-order valence-electron chi connectivity index (χ3n) is 5.72. The van der Waals surface area contributed by atoms with E-state index in [9.17, 15) is 13.2 Å². The monoisotopic (exact) mass is 474 g/mol. The van der Waals surface area contributed by atoms with Crippen molar-refractivity contribution in [3.63, 3.8) is 0 Å². The molecule has 1 saturated heterocycles. The lowest BCUT2D eigenvalue weighted by Gasteiger charge is -2.35. The van der Waals surface area contributed by atoms with Gasteiger partial charge in [-0.1, -0.05) is 32.9 Å². The van der Waals surface area contributed by atoms with Gasteiger partial charge in [-0.05, 0) is 47.4 Å². The lowest BCUT2D eigenvalue weighted by atomic mass is 9.87. The maximum absolute atomic E-state index is 12.7. The second-order valence-corrected chi connectivity index (χ2v) is 11.2. The lowest BCUT2D eigenvalue weighted by molar-refractivity contribution is 0.252. The Morgan fingerprint density at radius 3 is 2.12 bits per heavy atom. The van der Waals surface area contributed by atoms with Gasteiger partial charge >= 0.3 is 6.03 Å². The van der Waals surface area contributed by atoms with Gasteiger partial charge in [-0.15, -0.1) is 0 Å². The molecule has 0 unspecified atom stereocenters. The zero-order chi connectivity index (χ0) is 24.1. The molecule has 2 aromatic carbocycles. The molecule has 0 aliphatic carbocycles. The highest BCUT2D eigenvalue weighted by Crippen LogP contribution is 2.23. The van der Waals surface area contributed by atoms with Gasteiger partial charge in [0.1, 0.15) is 5.75 Å². The molecular formula is C24H34N4O4S. The van der Waals surface area contributed by atoms with E-state index >= 15 is 0 Å². The van der Waals surface area contributed by atoms with Crippen LogP contribution in [0.15, 0.2) is 48.5 Å². The second kappa shape index (κ2) is 10.4. The van der Waals surface area contributed by atoms with Crippen LogP contribution in [-0.2, 0) is 15.4 Å². The number of benzene rings is 2. The minimum Gasteiger partial charge on any atom is -0.497 e. The first-order valence-corrected chi connectivity index (χ1v) is 12.7. The third-order valence-corrected chi connectivity index (χ3v) is 7.60. The molecule has 1 aliphatic heterocycles. The molecule has 0 saturated carbocycles. The van der Waals surface area contributed by atoms with Crippen LogP contribution >= 0.6 is 0 Å². The number of nitrogens with one attached hydrogen (secondary N) is 2. The molecule has 2 N–H and O–H groups in total. The fourth-order valence-electron chi connectivity index (χ4n) is 3.67. The van der Waals surface area contributed by atoms with Gasteiger partial charge in [-0.25, -0.2) is 13.2 Å². The van der Waals surface area contributed by atoms with Crippen LogP contribution in [0.25, 0.3) is 0 Å². The third kappa shape index (κ3) is 6.85. The minimum atomic E-state index is -3.45. The summed E-state index contributed by atoms with van der Waals surface area (Å²) in [4.78, 5) is 14.3. The summed E-state index contributed by atoms with van der Waals surface area (Å²) in [5, 5.41) is 5.38. The predicted molar refractivity (Wildman–Crippen MR) is 133 cm³/mol. The molecule has 0 bridgehead atoms. The highest BCUT2D eigenvalue weighted by molar-refractivity contribution is 7.89. The Labute approximate surface area is 197 Å². The molecule has 0 spiro atoms. The second-order valence-electron chi connectivity index (χ2n) is 9.11. The van der Waals surface area contributed by atoms with Gasteiger partial charge in [-0.2, -0.15) is 4.31 Å². The Hall–Kier alpha value is -2.78. The van der Waals surface area contributed by atoms with Gasteiger partial charge < -0.3 is 20.3 Å². The number of carbonyl (C=O) groups is 1. The van der Waals surface area contributed by atoms with Gasteiger partial charge in [0, 0.05) is 44.1 Å². The smallest absolute Gasteiger partial charge is 0.319 e. The van der Waals surface area contributed by atoms with E-state index in [0.717, 1.165) is 11.4 Å². The fourth-order valence-corrected chi connectivity index (χ4v) is 5.01. The molecular weight excluding hydrogens is 440 g/mol. The van der Waals surface area contributed by atoms with E-state index in [1.807, 2.05) is 48.5 Å². The van der Waals surface area contributed by atoms with Crippen molar-refractivity contribution in [2.24, 2.45) is 0 Å². The summed E-state index contributed by atoms with van der Waals surface area (Å²) in [6, 6.07) is 15.0.